The van der Waals surface area contributed by atoms with Gasteiger partial charge in [0, 0.05) is 11.3 Å². The van der Waals surface area contributed by atoms with Crippen molar-refractivity contribution in [2.75, 3.05) is 5.73 Å². The Morgan fingerprint density at radius 1 is 1.40 bits per heavy atom. The van der Waals surface area contributed by atoms with E-state index < -0.39 is 21.1 Å². The molecule has 110 valence electrons. The number of hydrogen-bond donors (Lipinski definition) is 4. The molecule has 10 heteroatoms. The number of aliphatic hydroxyl groups excluding tert-OH is 1. The fourth-order valence-corrected chi connectivity index (χ4v) is 3.07. The monoisotopic (exact) mass is 321 g/mol. The normalized spacial score (nSPS) is 18.6. The summed E-state index contributed by atoms with van der Waals surface area (Å²) in [5.74, 6) is 0. The fourth-order valence-electron chi connectivity index (χ4n) is 1.92. The van der Waals surface area contributed by atoms with Gasteiger partial charge in [0.15, 0.2) is 0 Å². The van der Waals surface area contributed by atoms with Gasteiger partial charge in [0.25, 0.3) is 10.1 Å². The van der Waals surface area contributed by atoms with Crippen LogP contribution in [0.2, 0.25) is 0 Å². The molecule has 1 atom stereocenters. The second-order valence-corrected chi connectivity index (χ2v) is 6.27. The van der Waals surface area contributed by atoms with E-state index >= 15 is 0 Å². The predicted molar refractivity (Wildman–Crippen MR) is 70.6 cm³/mol. The van der Waals surface area contributed by atoms with E-state index in [2.05, 4.69) is 9.37 Å². The van der Waals surface area contributed by atoms with Crippen LogP contribution in [0.3, 0.4) is 0 Å². The van der Waals surface area contributed by atoms with Gasteiger partial charge in [-0.15, -0.1) is 4.33 Å². The van der Waals surface area contributed by atoms with Gasteiger partial charge in [-0.2, -0.15) is 8.42 Å². The molecule has 1 aliphatic rings. The van der Waals surface area contributed by atoms with Crippen molar-refractivity contribution in [3.8, 4) is 0 Å². The summed E-state index contributed by atoms with van der Waals surface area (Å²) in [7, 11) is -4.46. The molecule has 0 bridgehead atoms. The molecule has 1 aliphatic carbocycles. The highest BCUT2D eigenvalue weighted by Gasteiger charge is 2.24. The van der Waals surface area contributed by atoms with Gasteiger partial charge < -0.3 is 10.8 Å². The van der Waals surface area contributed by atoms with E-state index in [9.17, 15) is 13.5 Å². The molecule has 0 aromatic heterocycles. The summed E-state index contributed by atoms with van der Waals surface area (Å²) >= 11 is 0.668. The van der Waals surface area contributed by atoms with Crippen LogP contribution in [0.1, 0.15) is 23.7 Å². The minimum Gasteiger partial charge on any atom is -0.398 e. The van der Waals surface area contributed by atoms with E-state index in [1.807, 2.05) is 0 Å². The summed E-state index contributed by atoms with van der Waals surface area (Å²) in [6, 6.07) is 2.45. The quantitative estimate of drug-likeness (QED) is 0.213. The molecular weight excluding hydrogens is 310 g/mol. The molecular formula is C10H11NO7S2. The topological polar surface area (TPSA) is 139 Å². The summed E-state index contributed by atoms with van der Waals surface area (Å²) in [5, 5.41) is 21.5. The average molecular weight is 321 g/mol. The first-order valence-electron chi connectivity index (χ1n) is 5.27. The number of rotatable bonds is 4. The molecule has 8 nitrogen and oxygen atoms in total. The van der Waals surface area contributed by atoms with Crippen LogP contribution < -0.4 is 5.73 Å². The standard InChI is InChI=1S/C10H11NO7S2/c11-8-4-7-5(2-10(8)20(14,15)16)1-6(3-9(7)12)19-18-17-13/h1-2,4,9,12-13H,3,11H2,(H,14,15,16). The molecule has 1 aromatic carbocycles. The van der Waals surface area contributed by atoms with Crippen molar-refractivity contribution in [3.63, 3.8) is 0 Å². The van der Waals surface area contributed by atoms with Crippen molar-refractivity contribution in [2.24, 2.45) is 0 Å². The highest BCUT2D eigenvalue weighted by atomic mass is 32.2. The predicted octanol–water partition coefficient (Wildman–Crippen LogP) is 1.36. The maximum Gasteiger partial charge on any atom is 0.296 e. The molecule has 0 amide bonds. The highest BCUT2D eigenvalue weighted by Crippen LogP contribution is 2.39. The van der Waals surface area contributed by atoms with Crippen molar-refractivity contribution in [2.45, 2.75) is 17.4 Å². The molecule has 5 N–H and O–H groups in total. The van der Waals surface area contributed by atoms with E-state index in [4.69, 9.17) is 15.5 Å². The Balaban J connectivity index is 2.49. The van der Waals surface area contributed by atoms with Crippen molar-refractivity contribution in [1.29, 1.82) is 0 Å². The van der Waals surface area contributed by atoms with Crippen LogP contribution in [0.15, 0.2) is 21.9 Å². The highest BCUT2D eigenvalue weighted by molar-refractivity contribution is 7.98. The average Bonchev–Trinajstić information content (AvgIpc) is 2.35. The first-order valence-corrected chi connectivity index (χ1v) is 7.45. The Kier molecular flexibility index (Phi) is 4.34. The molecule has 2 rings (SSSR count). The van der Waals surface area contributed by atoms with Gasteiger partial charge in [-0.25, -0.2) is 5.26 Å². The molecule has 0 heterocycles. The first kappa shape index (κ1) is 15.3. The zero-order valence-electron chi connectivity index (χ0n) is 9.88. The maximum atomic E-state index is 11.2. The minimum atomic E-state index is -4.46. The van der Waals surface area contributed by atoms with Crippen LogP contribution in [0.5, 0.6) is 0 Å². The molecule has 0 saturated carbocycles. The summed E-state index contributed by atoms with van der Waals surface area (Å²) in [6.07, 6.45) is 0.795. The van der Waals surface area contributed by atoms with Gasteiger partial charge in [0.1, 0.15) is 4.90 Å². The summed E-state index contributed by atoms with van der Waals surface area (Å²) in [6.45, 7) is 0. The van der Waals surface area contributed by atoms with Crippen LogP contribution in [0.4, 0.5) is 5.69 Å². The Morgan fingerprint density at radius 3 is 2.70 bits per heavy atom. The van der Waals surface area contributed by atoms with Crippen molar-refractivity contribution in [3.05, 3.63) is 28.2 Å². The number of nitrogen functional groups attached to an aromatic ring is 1. The van der Waals surface area contributed by atoms with E-state index in [1.165, 1.54) is 12.1 Å². The lowest BCUT2D eigenvalue weighted by molar-refractivity contribution is -0.431. The molecule has 0 saturated heterocycles. The number of benzene rings is 1. The van der Waals surface area contributed by atoms with Gasteiger partial charge >= 0.3 is 0 Å². The zero-order chi connectivity index (χ0) is 14.9. The first-order chi connectivity index (χ1) is 9.32. The second-order valence-electron chi connectivity index (χ2n) is 4.05. The summed E-state index contributed by atoms with van der Waals surface area (Å²) in [4.78, 5) is 0.0513. The molecule has 20 heavy (non-hydrogen) atoms. The molecule has 0 fully saturated rings. The number of fused-ring (bicyclic) bond motifs is 1. The number of anilines is 1. The van der Waals surface area contributed by atoms with Gasteiger partial charge in [-0.05, 0) is 29.3 Å². The molecule has 1 aromatic rings. The van der Waals surface area contributed by atoms with Gasteiger partial charge in [0.05, 0.1) is 23.8 Å². The van der Waals surface area contributed by atoms with Gasteiger partial charge in [-0.3, -0.25) is 4.55 Å². The molecule has 1 unspecified atom stereocenters. The molecule has 0 aliphatic heterocycles. The number of hydrogen-bond acceptors (Lipinski definition) is 8. The second kappa shape index (κ2) is 5.69. The van der Waals surface area contributed by atoms with Crippen LogP contribution >= 0.6 is 12.0 Å². The van der Waals surface area contributed by atoms with Gasteiger partial charge in [-0.1, -0.05) is 5.04 Å². The zero-order valence-corrected chi connectivity index (χ0v) is 11.5. The van der Waals surface area contributed by atoms with E-state index in [1.54, 1.807) is 0 Å². The minimum absolute atomic E-state index is 0.148. The number of aliphatic hydroxyl groups is 1. The van der Waals surface area contributed by atoms with Crippen LogP contribution in [0.25, 0.3) is 6.08 Å². The molecule has 0 spiro atoms. The summed E-state index contributed by atoms with van der Waals surface area (Å²) in [5.41, 5.74) is 6.21. The lowest BCUT2D eigenvalue weighted by atomic mass is 9.94. The third-order valence-corrected chi connectivity index (χ3v) is 4.27. The number of nitrogens with two attached hydrogens (primary N) is 1. The van der Waals surface area contributed by atoms with Crippen molar-refractivity contribution >= 4 is 33.9 Å². The van der Waals surface area contributed by atoms with Crippen molar-refractivity contribution in [1.82, 2.24) is 0 Å². The maximum absolute atomic E-state index is 11.2. The lowest BCUT2D eigenvalue weighted by Gasteiger charge is -2.21. The van der Waals surface area contributed by atoms with Gasteiger partial charge in [0.2, 0.25) is 0 Å². The van der Waals surface area contributed by atoms with Crippen molar-refractivity contribution < 1.29 is 32.7 Å². The third kappa shape index (κ3) is 3.12. The third-order valence-electron chi connectivity index (χ3n) is 2.73. The Bertz CT molecular complexity index is 656. The van der Waals surface area contributed by atoms with Crippen LogP contribution in [-0.4, -0.2) is 23.3 Å². The largest absolute Gasteiger partial charge is 0.398 e. The van der Waals surface area contributed by atoms with Crippen LogP contribution in [0, 0.1) is 0 Å². The Labute approximate surface area is 118 Å². The van der Waals surface area contributed by atoms with E-state index in [0.29, 0.717) is 28.1 Å². The van der Waals surface area contributed by atoms with E-state index in [0.717, 1.165) is 6.07 Å². The lowest BCUT2D eigenvalue weighted by Crippen LogP contribution is -2.10. The Hall–Kier alpha value is -1.14. The summed E-state index contributed by atoms with van der Waals surface area (Å²) < 4.78 is 35.7. The van der Waals surface area contributed by atoms with Crippen LogP contribution in [-0.2, 0) is 19.5 Å². The molecule has 0 radical (unpaired) electrons. The fraction of sp³-hybridized carbons (Fsp3) is 0.200. The smallest absolute Gasteiger partial charge is 0.296 e. The Morgan fingerprint density at radius 2 is 2.10 bits per heavy atom. The van der Waals surface area contributed by atoms with E-state index in [-0.39, 0.29) is 12.1 Å². The SMILES string of the molecule is Nc1cc2c(cc1S(=O)(=O)O)C=C(SOOO)CC2O.